The number of carbonyl (C=O) groups is 6. The van der Waals surface area contributed by atoms with Gasteiger partial charge in [0.25, 0.3) is 5.91 Å². The first kappa shape index (κ1) is 37.7. The standard InChI is InChI=1S/C34H49N5O7/c1-22(2)30(38-28(41)11-7-8-19-39-23(3)12-17-29(39)42)27(40)20-25(10-9-18-36-33(35)45)31(43)37-26-15-13-24(14-16-26)21-46-32(44)34(4,5)6/h12-17,22,25,30H,3,7-11,18-21H2,1-2,4-6H3,(H,37,43)(H,38,41)(H3,35,36,45)/t25-,30+/m0/s1. The molecule has 1 aromatic carbocycles. The number of amides is 5. The molecule has 0 unspecified atom stereocenters. The van der Waals surface area contributed by atoms with Crippen molar-refractivity contribution in [1.29, 1.82) is 0 Å². The van der Waals surface area contributed by atoms with Crippen molar-refractivity contribution in [3.8, 4) is 0 Å². The van der Waals surface area contributed by atoms with Crippen molar-refractivity contribution in [3.05, 3.63) is 54.3 Å². The number of Topliss-reactive ketones (excluding diaryl/α,β-unsaturated/α-hetero) is 1. The van der Waals surface area contributed by atoms with E-state index in [2.05, 4.69) is 22.5 Å². The Labute approximate surface area is 271 Å². The number of nitrogens with zero attached hydrogens (tertiary/aromatic N) is 1. The van der Waals surface area contributed by atoms with Gasteiger partial charge < -0.3 is 31.3 Å². The van der Waals surface area contributed by atoms with Gasteiger partial charge in [0, 0.05) is 49.3 Å². The first-order valence-corrected chi connectivity index (χ1v) is 15.7. The van der Waals surface area contributed by atoms with E-state index in [0.717, 1.165) is 5.56 Å². The lowest BCUT2D eigenvalue weighted by Gasteiger charge is -2.24. The fraction of sp³-hybridized carbons (Fsp3) is 0.529. The summed E-state index contributed by atoms with van der Waals surface area (Å²) in [6, 6.07) is 5.39. The zero-order chi connectivity index (χ0) is 34.4. The number of allylic oxidation sites excluding steroid dienone is 1. The van der Waals surface area contributed by atoms with Crippen LogP contribution in [0.15, 0.2) is 48.7 Å². The molecule has 0 aliphatic carbocycles. The number of nitrogens with one attached hydrogen (secondary N) is 3. The summed E-state index contributed by atoms with van der Waals surface area (Å²) in [5, 5.41) is 8.17. The fourth-order valence-corrected chi connectivity index (χ4v) is 4.71. The summed E-state index contributed by atoms with van der Waals surface area (Å²) >= 11 is 0. The van der Waals surface area contributed by atoms with Crippen molar-refractivity contribution in [3.63, 3.8) is 0 Å². The van der Waals surface area contributed by atoms with Crippen LogP contribution in [0.1, 0.15) is 78.7 Å². The van der Waals surface area contributed by atoms with Crippen LogP contribution in [0.25, 0.3) is 0 Å². The van der Waals surface area contributed by atoms with Gasteiger partial charge in [0.1, 0.15) is 6.61 Å². The van der Waals surface area contributed by atoms with Gasteiger partial charge in [-0.2, -0.15) is 0 Å². The average molecular weight is 640 g/mol. The minimum Gasteiger partial charge on any atom is -0.460 e. The first-order chi connectivity index (χ1) is 21.6. The topological polar surface area (TPSA) is 177 Å². The van der Waals surface area contributed by atoms with E-state index in [0.29, 0.717) is 43.6 Å². The summed E-state index contributed by atoms with van der Waals surface area (Å²) < 4.78 is 5.34. The number of hydrogen-bond donors (Lipinski definition) is 4. The van der Waals surface area contributed by atoms with Crippen LogP contribution >= 0.6 is 0 Å². The second-order valence-corrected chi connectivity index (χ2v) is 12.9. The van der Waals surface area contributed by atoms with Gasteiger partial charge in [0.15, 0.2) is 5.78 Å². The second kappa shape index (κ2) is 17.9. The van der Waals surface area contributed by atoms with Crippen LogP contribution in [0.3, 0.4) is 0 Å². The van der Waals surface area contributed by atoms with Gasteiger partial charge in [-0.25, -0.2) is 4.79 Å². The molecular weight excluding hydrogens is 590 g/mol. The highest BCUT2D eigenvalue weighted by Crippen LogP contribution is 2.21. The van der Waals surface area contributed by atoms with Crippen LogP contribution in [-0.4, -0.2) is 59.5 Å². The Bertz CT molecular complexity index is 1280. The van der Waals surface area contributed by atoms with Crippen molar-refractivity contribution >= 4 is 41.2 Å². The molecule has 0 saturated heterocycles. The molecule has 5 N–H and O–H groups in total. The lowest BCUT2D eigenvalue weighted by atomic mass is 9.89. The molecule has 252 valence electrons. The number of benzene rings is 1. The van der Waals surface area contributed by atoms with Crippen molar-refractivity contribution in [2.45, 2.75) is 85.8 Å². The van der Waals surface area contributed by atoms with E-state index in [1.54, 1.807) is 56.0 Å². The van der Waals surface area contributed by atoms with Crippen LogP contribution in [-0.2, 0) is 35.3 Å². The molecule has 0 aromatic heterocycles. The number of ketones is 1. The number of anilines is 1. The minimum atomic E-state index is -0.786. The van der Waals surface area contributed by atoms with Crippen molar-refractivity contribution in [2.75, 3.05) is 18.4 Å². The summed E-state index contributed by atoms with van der Waals surface area (Å²) in [5.41, 5.74) is 6.42. The molecule has 0 bridgehead atoms. The van der Waals surface area contributed by atoms with Crippen molar-refractivity contribution in [2.24, 2.45) is 23.0 Å². The molecule has 0 saturated carbocycles. The van der Waals surface area contributed by atoms with E-state index in [9.17, 15) is 28.8 Å². The highest BCUT2D eigenvalue weighted by atomic mass is 16.5. The molecule has 1 heterocycles. The maximum Gasteiger partial charge on any atom is 0.312 e. The lowest BCUT2D eigenvalue weighted by molar-refractivity contribution is -0.154. The van der Waals surface area contributed by atoms with Gasteiger partial charge in [0.2, 0.25) is 11.8 Å². The molecule has 5 amide bonds. The van der Waals surface area contributed by atoms with Gasteiger partial charge in [-0.15, -0.1) is 0 Å². The molecule has 0 fully saturated rings. The quantitative estimate of drug-likeness (QED) is 0.139. The number of nitrogens with two attached hydrogens (primary N) is 1. The second-order valence-electron chi connectivity index (χ2n) is 12.9. The summed E-state index contributed by atoms with van der Waals surface area (Å²) in [7, 11) is 0. The number of ether oxygens (including phenoxy) is 1. The molecule has 12 nitrogen and oxygen atoms in total. The molecule has 12 heteroatoms. The summed E-state index contributed by atoms with van der Waals surface area (Å²) in [4.78, 5) is 76.1. The Morgan fingerprint density at radius 1 is 1.00 bits per heavy atom. The molecular formula is C34H49N5O7. The zero-order valence-corrected chi connectivity index (χ0v) is 27.6. The molecule has 1 aliphatic rings. The molecule has 1 aliphatic heterocycles. The molecule has 1 aromatic rings. The highest BCUT2D eigenvalue weighted by molar-refractivity contribution is 5.97. The van der Waals surface area contributed by atoms with Gasteiger partial charge in [-0.3, -0.25) is 24.0 Å². The molecule has 2 atom stereocenters. The smallest absolute Gasteiger partial charge is 0.312 e. The first-order valence-electron chi connectivity index (χ1n) is 15.7. The molecule has 0 spiro atoms. The van der Waals surface area contributed by atoms with Crippen LogP contribution < -0.4 is 21.7 Å². The zero-order valence-electron chi connectivity index (χ0n) is 27.6. The van der Waals surface area contributed by atoms with Crippen LogP contribution in [0.4, 0.5) is 10.5 Å². The Hall–Kier alpha value is -4.48. The Morgan fingerprint density at radius 2 is 1.67 bits per heavy atom. The molecule has 0 radical (unpaired) electrons. The number of rotatable bonds is 18. The summed E-state index contributed by atoms with van der Waals surface area (Å²) in [6.45, 7) is 13.6. The van der Waals surface area contributed by atoms with Crippen molar-refractivity contribution < 1.29 is 33.5 Å². The monoisotopic (exact) mass is 639 g/mol. The van der Waals surface area contributed by atoms with E-state index < -0.39 is 23.4 Å². The van der Waals surface area contributed by atoms with Gasteiger partial charge in [-0.05, 0) is 76.1 Å². The SMILES string of the molecule is C=C1C=CC(=O)N1CCCCC(=O)N[C@@H](C(=O)C[C@H](CCCNC(N)=O)C(=O)Nc1ccc(COC(=O)C(C)(C)C)cc1)C(C)C. The van der Waals surface area contributed by atoms with Crippen molar-refractivity contribution in [1.82, 2.24) is 15.5 Å². The normalized spacial score (nSPS) is 14.2. The van der Waals surface area contributed by atoms with E-state index >= 15 is 0 Å². The average Bonchev–Trinajstić information content (AvgIpc) is 3.30. The maximum absolute atomic E-state index is 13.5. The number of primary amides is 1. The Morgan fingerprint density at radius 3 is 2.24 bits per heavy atom. The number of unbranched alkanes of at least 4 members (excludes halogenated alkanes) is 1. The van der Waals surface area contributed by atoms with E-state index in [1.165, 1.54) is 6.08 Å². The third-order valence-corrected chi connectivity index (χ3v) is 7.45. The van der Waals surface area contributed by atoms with Crippen LogP contribution in [0.5, 0.6) is 0 Å². The number of esters is 1. The van der Waals surface area contributed by atoms with E-state index in [-0.39, 0.29) is 61.4 Å². The van der Waals surface area contributed by atoms with Crippen LogP contribution in [0.2, 0.25) is 0 Å². The van der Waals surface area contributed by atoms with E-state index in [4.69, 9.17) is 10.5 Å². The Balaban J connectivity index is 1.98. The minimum absolute atomic E-state index is 0.0992. The maximum atomic E-state index is 13.5. The van der Waals surface area contributed by atoms with Gasteiger partial charge in [0.05, 0.1) is 11.5 Å². The van der Waals surface area contributed by atoms with E-state index in [1.807, 2.05) is 13.8 Å². The van der Waals surface area contributed by atoms with Crippen LogP contribution in [0, 0.1) is 17.3 Å². The summed E-state index contributed by atoms with van der Waals surface area (Å²) in [5.74, 6) is -2.32. The third-order valence-electron chi connectivity index (χ3n) is 7.45. The predicted molar refractivity (Wildman–Crippen MR) is 175 cm³/mol. The van der Waals surface area contributed by atoms with Gasteiger partial charge in [-0.1, -0.05) is 32.6 Å². The number of hydrogen-bond acceptors (Lipinski definition) is 7. The van der Waals surface area contributed by atoms with Gasteiger partial charge >= 0.3 is 12.0 Å². The molecule has 46 heavy (non-hydrogen) atoms. The largest absolute Gasteiger partial charge is 0.460 e. The predicted octanol–water partition coefficient (Wildman–Crippen LogP) is 3.96. The lowest BCUT2D eigenvalue weighted by Crippen LogP contribution is -2.45. The highest BCUT2D eigenvalue weighted by Gasteiger charge is 2.29. The number of carbonyl (C=O) groups excluding carboxylic acids is 6. The fourth-order valence-electron chi connectivity index (χ4n) is 4.71. The third kappa shape index (κ3) is 12.9. The Kier molecular flexibility index (Phi) is 14.6. The summed E-state index contributed by atoms with van der Waals surface area (Å²) in [6.07, 6.45) is 5.02. The number of urea groups is 1. The molecule has 2 rings (SSSR count).